The second-order valence-electron chi connectivity index (χ2n) is 3.61. The lowest BCUT2D eigenvalue weighted by atomic mass is 10.1. The number of aliphatic hydroxyl groups is 1. The van der Waals surface area contributed by atoms with Gasteiger partial charge >= 0.3 is 6.09 Å². The quantitative estimate of drug-likeness (QED) is 0.765. The largest absolute Gasteiger partial charge is 0.412 e. The van der Waals surface area contributed by atoms with Gasteiger partial charge in [0.25, 0.3) is 0 Å². The van der Waals surface area contributed by atoms with Gasteiger partial charge < -0.3 is 15.2 Å². The van der Waals surface area contributed by atoms with Crippen LogP contribution in [-0.2, 0) is 0 Å². The molecule has 0 heterocycles. The topological polar surface area (TPSA) is 58.6 Å². The number of para-hydroxylation sites is 1. The third kappa shape index (κ3) is 3.55. The van der Waals surface area contributed by atoms with E-state index in [1.807, 2.05) is 32.0 Å². The zero-order valence-corrected chi connectivity index (χ0v) is 9.62. The normalized spacial score (nSPS) is 9.94. The highest BCUT2D eigenvalue weighted by Gasteiger charge is 2.08. The molecule has 0 saturated carbocycles. The molecule has 16 heavy (non-hydrogen) atoms. The molecule has 2 N–H and O–H groups in total. The molecule has 0 fully saturated rings. The summed E-state index contributed by atoms with van der Waals surface area (Å²) in [7, 11) is 0. The monoisotopic (exact) mass is 223 g/mol. The molecular formula is C12H17NO3. The van der Waals surface area contributed by atoms with Gasteiger partial charge in [-0.25, -0.2) is 4.79 Å². The molecule has 4 heteroatoms. The Kier molecular flexibility index (Phi) is 4.79. The Labute approximate surface area is 95.2 Å². The van der Waals surface area contributed by atoms with Crippen LogP contribution in [-0.4, -0.2) is 24.4 Å². The van der Waals surface area contributed by atoms with Crippen molar-refractivity contribution in [1.82, 2.24) is 5.32 Å². The molecule has 0 bridgehead atoms. The van der Waals surface area contributed by atoms with Crippen LogP contribution in [0.3, 0.4) is 0 Å². The van der Waals surface area contributed by atoms with Gasteiger partial charge in [-0.1, -0.05) is 18.2 Å². The minimum Gasteiger partial charge on any atom is -0.410 e. The molecule has 0 spiro atoms. The van der Waals surface area contributed by atoms with Crippen LogP contribution in [0.25, 0.3) is 0 Å². The first kappa shape index (κ1) is 12.5. The van der Waals surface area contributed by atoms with Gasteiger partial charge in [0.15, 0.2) is 0 Å². The van der Waals surface area contributed by atoms with E-state index in [0.717, 1.165) is 11.1 Å². The van der Waals surface area contributed by atoms with Gasteiger partial charge in [0.1, 0.15) is 5.75 Å². The minimum atomic E-state index is -0.481. The van der Waals surface area contributed by atoms with E-state index in [1.54, 1.807) is 0 Å². The second kappa shape index (κ2) is 6.12. The zero-order valence-electron chi connectivity index (χ0n) is 9.62. The zero-order chi connectivity index (χ0) is 12.0. The number of aryl methyl sites for hydroxylation is 2. The van der Waals surface area contributed by atoms with Crippen LogP contribution in [0.4, 0.5) is 4.79 Å². The summed E-state index contributed by atoms with van der Waals surface area (Å²) < 4.78 is 5.19. The van der Waals surface area contributed by atoms with Crippen molar-refractivity contribution in [3.05, 3.63) is 29.3 Å². The first-order valence-corrected chi connectivity index (χ1v) is 5.28. The van der Waals surface area contributed by atoms with Gasteiger partial charge in [0, 0.05) is 13.2 Å². The lowest BCUT2D eigenvalue weighted by Gasteiger charge is -2.10. The minimum absolute atomic E-state index is 0.0592. The van der Waals surface area contributed by atoms with E-state index in [1.165, 1.54) is 0 Å². The molecule has 1 aromatic rings. The molecule has 0 saturated heterocycles. The maximum Gasteiger partial charge on any atom is 0.412 e. The third-order valence-corrected chi connectivity index (χ3v) is 2.21. The SMILES string of the molecule is Cc1cccc(C)c1OC(=O)NCCCO. The lowest BCUT2D eigenvalue weighted by molar-refractivity contribution is 0.198. The highest BCUT2D eigenvalue weighted by atomic mass is 16.6. The summed E-state index contributed by atoms with van der Waals surface area (Å²) in [5, 5.41) is 11.1. The fourth-order valence-electron chi connectivity index (χ4n) is 1.36. The number of hydrogen-bond acceptors (Lipinski definition) is 3. The van der Waals surface area contributed by atoms with Gasteiger partial charge in [-0.3, -0.25) is 0 Å². The van der Waals surface area contributed by atoms with Crippen LogP contribution in [0.1, 0.15) is 17.5 Å². The molecule has 0 radical (unpaired) electrons. The Bertz CT molecular complexity index is 343. The molecular weight excluding hydrogens is 206 g/mol. The van der Waals surface area contributed by atoms with Gasteiger partial charge in [-0.05, 0) is 31.4 Å². The highest BCUT2D eigenvalue weighted by Crippen LogP contribution is 2.22. The molecule has 0 aliphatic rings. The summed E-state index contributed by atoms with van der Waals surface area (Å²) in [6.07, 6.45) is 0.0489. The van der Waals surface area contributed by atoms with Crippen molar-refractivity contribution >= 4 is 6.09 Å². The van der Waals surface area contributed by atoms with Crippen molar-refractivity contribution in [3.8, 4) is 5.75 Å². The van der Waals surface area contributed by atoms with E-state index in [2.05, 4.69) is 5.32 Å². The van der Waals surface area contributed by atoms with Crippen LogP contribution in [0.5, 0.6) is 5.75 Å². The van der Waals surface area contributed by atoms with Crippen molar-refractivity contribution in [2.45, 2.75) is 20.3 Å². The smallest absolute Gasteiger partial charge is 0.410 e. The van der Waals surface area contributed by atoms with E-state index in [0.29, 0.717) is 18.7 Å². The van der Waals surface area contributed by atoms with Gasteiger partial charge in [0.05, 0.1) is 0 Å². The van der Waals surface area contributed by atoms with Gasteiger partial charge in [0.2, 0.25) is 0 Å². The van der Waals surface area contributed by atoms with Crippen molar-refractivity contribution < 1.29 is 14.6 Å². The maximum absolute atomic E-state index is 11.4. The molecule has 0 aliphatic heterocycles. The molecule has 1 amide bonds. The number of rotatable bonds is 4. The van der Waals surface area contributed by atoms with Gasteiger partial charge in [-0.15, -0.1) is 0 Å². The standard InChI is InChI=1S/C12H17NO3/c1-9-5-3-6-10(2)11(9)16-12(15)13-7-4-8-14/h3,5-6,14H,4,7-8H2,1-2H3,(H,13,15). The fraction of sp³-hybridized carbons (Fsp3) is 0.417. The predicted octanol–water partition coefficient (Wildman–Crippen LogP) is 1.77. The number of benzene rings is 1. The summed E-state index contributed by atoms with van der Waals surface area (Å²) >= 11 is 0. The van der Waals surface area contributed by atoms with Crippen molar-refractivity contribution in [2.75, 3.05) is 13.2 Å². The summed E-state index contributed by atoms with van der Waals surface area (Å²) in [6, 6.07) is 5.70. The summed E-state index contributed by atoms with van der Waals surface area (Å²) in [4.78, 5) is 11.4. The number of aliphatic hydroxyl groups excluding tert-OH is 1. The molecule has 88 valence electrons. The second-order valence-corrected chi connectivity index (χ2v) is 3.61. The van der Waals surface area contributed by atoms with E-state index in [4.69, 9.17) is 9.84 Å². The number of hydrogen-bond donors (Lipinski definition) is 2. The van der Waals surface area contributed by atoms with Crippen LogP contribution >= 0.6 is 0 Å². The third-order valence-electron chi connectivity index (χ3n) is 2.21. The number of ether oxygens (including phenoxy) is 1. The Morgan fingerprint density at radius 3 is 2.56 bits per heavy atom. The number of nitrogens with one attached hydrogen (secondary N) is 1. The molecule has 0 unspecified atom stereocenters. The summed E-state index contributed by atoms with van der Waals surface area (Å²) in [6.45, 7) is 4.26. The van der Waals surface area contributed by atoms with Crippen LogP contribution < -0.4 is 10.1 Å². The van der Waals surface area contributed by atoms with E-state index < -0.39 is 6.09 Å². The molecule has 1 rings (SSSR count). The molecule has 0 aromatic heterocycles. The van der Waals surface area contributed by atoms with Crippen LogP contribution in [0.15, 0.2) is 18.2 Å². The fourth-order valence-corrected chi connectivity index (χ4v) is 1.36. The van der Waals surface area contributed by atoms with Crippen molar-refractivity contribution in [2.24, 2.45) is 0 Å². The van der Waals surface area contributed by atoms with Gasteiger partial charge in [-0.2, -0.15) is 0 Å². The molecule has 4 nitrogen and oxygen atoms in total. The Hall–Kier alpha value is -1.55. The Morgan fingerprint density at radius 2 is 2.00 bits per heavy atom. The molecule has 0 atom stereocenters. The van der Waals surface area contributed by atoms with E-state index in [-0.39, 0.29) is 6.61 Å². The summed E-state index contributed by atoms with van der Waals surface area (Å²) in [5.41, 5.74) is 1.86. The Morgan fingerprint density at radius 1 is 1.38 bits per heavy atom. The van der Waals surface area contributed by atoms with Crippen LogP contribution in [0, 0.1) is 13.8 Å². The Balaban J connectivity index is 2.56. The maximum atomic E-state index is 11.4. The van der Waals surface area contributed by atoms with E-state index >= 15 is 0 Å². The lowest BCUT2D eigenvalue weighted by Crippen LogP contribution is -2.28. The van der Waals surface area contributed by atoms with E-state index in [9.17, 15) is 4.79 Å². The summed E-state index contributed by atoms with van der Waals surface area (Å²) in [5.74, 6) is 0.601. The first-order valence-electron chi connectivity index (χ1n) is 5.28. The van der Waals surface area contributed by atoms with Crippen LogP contribution in [0.2, 0.25) is 0 Å². The number of carbonyl (C=O) groups excluding carboxylic acids is 1. The van der Waals surface area contributed by atoms with Crippen molar-refractivity contribution in [1.29, 1.82) is 0 Å². The highest BCUT2D eigenvalue weighted by molar-refractivity contribution is 5.71. The predicted molar refractivity (Wildman–Crippen MR) is 61.6 cm³/mol. The average Bonchev–Trinajstić information content (AvgIpc) is 2.24. The molecule has 1 aromatic carbocycles. The first-order chi connectivity index (χ1) is 7.65. The molecule has 0 aliphatic carbocycles. The van der Waals surface area contributed by atoms with Crippen molar-refractivity contribution in [3.63, 3.8) is 0 Å². The number of amides is 1. The average molecular weight is 223 g/mol. The number of carbonyl (C=O) groups is 1.